The van der Waals surface area contributed by atoms with Crippen LogP contribution in [0, 0.1) is 0 Å². The molecule has 2 rings (SSSR count). The van der Waals surface area contributed by atoms with Crippen molar-refractivity contribution in [2.24, 2.45) is 0 Å². The minimum Gasteiger partial charge on any atom is -0.294 e. The van der Waals surface area contributed by atoms with Gasteiger partial charge in [-0.15, -0.1) is 0 Å². The van der Waals surface area contributed by atoms with Crippen LogP contribution in [-0.4, -0.2) is 30.8 Å². The van der Waals surface area contributed by atoms with E-state index in [1.54, 1.807) is 23.1 Å². The molecule has 90 valence electrons. The van der Waals surface area contributed by atoms with Crippen molar-refractivity contribution in [1.82, 2.24) is 4.90 Å². The van der Waals surface area contributed by atoms with Crippen LogP contribution in [0.5, 0.6) is 0 Å². The van der Waals surface area contributed by atoms with Crippen molar-refractivity contribution in [2.75, 3.05) is 19.0 Å². The van der Waals surface area contributed by atoms with Crippen LogP contribution in [0.15, 0.2) is 18.2 Å². The number of fused-ring (bicyclic) bond motifs is 1. The smallest absolute Gasteiger partial charge is 0.255 e. The van der Waals surface area contributed by atoms with E-state index >= 15 is 0 Å². The molecule has 1 heterocycles. The number of carbonyl (C=O) groups excluding carboxylic acids is 2. The third-order valence-electron chi connectivity index (χ3n) is 2.81. The molecular formula is C12H13ClN2O2. The van der Waals surface area contributed by atoms with Crippen LogP contribution in [0.2, 0.25) is 5.02 Å². The van der Waals surface area contributed by atoms with Crippen molar-refractivity contribution < 1.29 is 9.59 Å². The summed E-state index contributed by atoms with van der Waals surface area (Å²) in [5.41, 5.74) is 1.41. The summed E-state index contributed by atoms with van der Waals surface area (Å²) >= 11 is 5.91. The third kappa shape index (κ3) is 1.83. The summed E-state index contributed by atoms with van der Waals surface area (Å²) in [6.45, 7) is 1.38. The van der Waals surface area contributed by atoms with Crippen molar-refractivity contribution in [3.63, 3.8) is 0 Å². The van der Waals surface area contributed by atoms with E-state index in [0.717, 1.165) is 5.56 Å². The predicted octanol–water partition coefficient (Wildman–Crippen LogP) is 1.84. The number of benzene rings is 1. The lowest BCUT2D eigenvalue weighted by atomic mass is 10.1. The Morgan fingerprint density at radius 1 is 1.41 bits per heavy atom. The molecule has 1 aromatic carbocycles. The number of anilines is 1. The van der Waals surface area contributed by atoms with Crippen LogP contribution in [0.25, 0.3) is 0 Å². The van der Waals surface area contributed by atoms with Crippen LogP contribution >= 0.6 is 11.6 Å². The van der Waals surface area contributed by atoms with Crippen LogP contribution in [0.1, 0.15) is 18.5 Å². The van der Waals surface area contributed by atoms with Gasteiger partial charge in [-0.2, -0.15) is 0 Å². The van der Waals surface area contributed by atoms with E-state index in [-0.39, 0.29) is 11.8 Å². The quantitative estimate of drug-likeness (QED) is 0.766. The summed E-state index contributed by atoms with van der Waals surface area (Å²) < 4.78 is 0. The van der Waals surface area contributed by atoms with Crippen molar-refractivity contribution in [2.45, 2.75) is 13.0 Å². The molecule has 0 fully saturated rings. The normalized spacial score (nSPS) is 18.8. The maximum absolute atomic E-state index is 12.2. The van der Waals surface area contributed by atoms with Gasteiger partial charge in [-0.25, -0.2) is 4.90 Å². The molecular weight excluding hydrogens is 240 g/mol. The molecule has 0 spiro atoms. The Hall–Kier alpha value is -1.39. The highest BCUT2D eigenvalue weighted by Crippen LogP contribution is 2.39. The predicted molar refractivity (Wildman–Crippen MR) is 66.0 cm³/mol. The van der Waals surface area contributed by atoms with Gasteiger partial charge in [0.05, 0.1) is 5.69 Å². The fourth-order valence-corrected chi connectivity index (χ4v) is 2.31. The number of likely N-dealkylation sites (N-methyl/N-ethyl adjacent to an activating group) is 1. The SMILES string of the molecule is CC(=O)N1C(=O)C(N(C)C)c2ccc(Cl)cc21. The number of hydrogen-bond donors (Lipinski definition) is 0. The molecule has 5 heteroatoms. The average Bonchev–Trinajstić information content (AvgIpc) is 2.48. The molecule has 0 bridgehead atoms. The second kappa shape index (κ2) is 4.13. The van der Waals surface area contributed by atoms with E-state index in [2.05, 4.69) is 0 Å². The highest BCUT2D eigenvalue weighted by Gasteiger charge is 2.40. The molecule has 17 heavy (non-hydrogen) atoms. The van der Waals surface area contributed by atoms with Gasteiger partial charge in [0.25, 0.3) is 5.91 Å². The van der Waals surface area contributed by atoms with Crippen molar-refractivity contribution in [3.8, 4) is 0 Å². The lowest BCUT2D eigenvalue weighted by Gasteiger charge is -2.18. The molecule has 0 aliphatic carbocycles. The minimum atomic E-state index is -0.411. The number of halogens is 1. The molecule has 0 radical (unpaired) electrons. The topological polar surface area (TPSA) is 40.6 Å². The highest BCUT2D eigenvalue weighted by molar-refractivity contribution is 6.31. The fraction of sp³-hybridized carbons (Fsp3) is 0.333. The zero-order chi connectivity index (χ0) is 12.7. The molecule has 1 aliphatic rings. The number of hydrogen-bond acceptors (Lipinski definition) is 3. The Balaban J connectivity index is 2.61. The summed E-state index contributed by atoms with van der Waals surface area (Å²) in [6.07, 6.45) is 0. The Bertz CT molecular complexity index is 499. The largest absolute Gasteiger partial charge is 0.294 e. The molecule has 1 atom stereocenters. The number of amides is 2. The summed E-state index contributed by atoms with van der Waals surface area (Å²) in [4.78, 5) is 26.7. The van der Waals surface area contributed by atoms with Crippen LogP contribution in [0.4, 0.5) is 5.69 Å². The van der Waals surface area contributed by atoms with Gasteiger partial charge in [-0.1, -0.05) is 17.7 Å². The Kier molecular flexibility index (Phi) is 2.93. The Morgan fingerprint density at radius 2 is 2.06 bits per heavy atom. The van der Waals surface area contributed by atoms with E-state index in [4.69, 9.17) is 11.6 Å². The standard InChI is InChI=1S/C12H13ClN2O2/c1-7(16)15-10-6-8(13)4-5-9(10)11(12(15)17)14(2)3/h4-6,11H,1-3H3. The maximum Gasteiger partial charge on any atom is 0.255 e. The van der Waals surface area contributed by atoms with E-state index < -0.39 is 6.04 Å². The summed E-state index contributed by atoms with van der Waals surface area (Å²) in [5.74, 6) is -0.511. The first-order chi connectivity index (χ1) is 7.93. The number of nitrogens with zero attached hydrogens (tertiary/aromatic N) is 2. The molecule has 0 saturated carbocycles. The van der Waals surface area contributed by atoms with Gasteiger partial charge in [0.2, 0.25) is 5.91 Å². The molecule has 0 N–H and O–H groups in total. The van der Waals surface area contributed by atoms with Gasteiger partial charge in [-0.05, 0) is 26.2 Å². The van der Waals surface area contributed by atoms with E-state index in [1.807, 2.05) is 14.1 Å². The lowest BCUT2D eigenvalue weighted by molar-refractivity contribution is -0.127. The fourth-order valence-electron chi connectivity index (χ4n) is 2.14. The van der Waals surface area contributed by atoms with Gasteiger partial charge in [0.1, 0.15) is 6.04 Å². The van der Waals surface area contributed by atoms with Gasteiger partial charge in [-0.3, -0.25) is 14.5 Å². The lowest BCUT2D eigenvalue weighted by Crippen LogP contribution is -2.37. The van der Waals surface area contributed by atoms with Gasteiger partial charge < -0.3 is 0 Å². The first-order valence-electron chi connectivity index (χ1n) is 5.24. The van der Waals surface area contributed by atoms with Gasteiger partial charge in [0.15, 0.2) is 0 Å². The zero-order valence-electron chi connectivity index (χ0n) is 9.90. The molecule has 4 nitrogen and oxygen atoms in total. The van der Waals surface area contributed by atoms with Gasteiger partial charge in [0, 0.05) is 17.5 Å². The van der Waals surface area contributed by atoms with Crippen molar-refractivity contribution in [1.29, 1.82) is 0 Å². The van der Waals surface area contributed by atoms with Gasteiger partial charge >= 0.3 is 0 Å². The first-order valence-corrected chi connectivity index (χ1v) is 5.61. The van der Waals surface area contributed by atoms with Crippen LogP contribution in [-0.2, 0) is 9.59 Å². The average molecular weight is 253 g/mol. The Morgan fingerprint density at radius 3 is 2.59 bits per heavy atom. The number of imide groups is 1. The highest BCUT2D eigenvalue weighted by atomic mass is 35.5. The zero-order valence-corrected chi connectivity index (χ0v) is 10.7. The Labute approximate surface area is 105 Å². The van der Waals surface area contributed by atoms with E-state index in [9.17, 15) is 9.59 Å². The molecule has 1 aliphatic heterocycles. The maximum atomic E-state index is 12.2. The number of carbonyl (C=O) groups is 2. The summed E-state index contributed by atoms with van der Waals surface area (Å²) in [7, 11) is 3.62. The van der Waals surface area contributed by atoms with Crippen LogP contribution < -0.4 is 4.90 Å². The number of rotatable bonds is 1. The molecule has 1 aromatic rings. The van der Waals surface area contributed by atoms with E-state index in [1.165, 1.54) is 11.8 Å². The van der Waals surface area contributed by atoms with E-state index in [0.29, 0.717) is 10.7 Å². The van der Waals surface area contributed by atoms with Crippen LogP contribution in [0.3, 0.4) is 0 Å². The second-order valence-electron chi connectivity index (χ2n) is 4.26. The monoisotopic (exact) mass is 252 g/mol. The summed E-state index contributed by atoms with van der Waals surface area (Å²) in [5, 5.41) is 0.516. The third-order valence-corrected chi connectivity index (χ3v) is 3.05. The van der Waals surface area contributed by atoms with Crippen molar-refractivity contribution >= 4 is 29.1 Å². The molecule has 2 amide bonds. The molecule has 0 aromatic heterocycles. The molecule has 1 unspecified atom stereocenters. The van der Waals surface area contributed by atoms with Crippen molar-refractivity contribution in [3.05, 3.63) is 28.8 Å². The molecule has 0 saturated heterocycles. The second-order valence-corrected chi connectivity index (χ2v) is 4.70. The summed E-state index contributed by atoms with van der Waals surface area (Å²) in [6, 6.07) is 4.77. The first kappa shape index (κ1) is 12.1. The minimum absolute atomic E-state index is 0.222.